The summed E-state index contributed by atoms with van der Waals surface area (Å²) >= 11 is 11.9. The second kappa shape index (κ2) is 7.02. The summed E-state index contributed by atoms with van der Waals surface area (Å²) < 4.78 is 0. The molecule has 3 saturated heterocycles. The van der Waals surface area contributed by atoms with Gasteiger partial charge in [0.1, 0.15) is 11.1 Å². The average molecular weight is 447 g/mol. The molecule has 0 aliphatic carbocycles. The van der Waals surface area contributed by atoms with Gasteiger partial charge in [0.15, 0.2) is 0 Å². The molecule has 3 atom stereocenters. The lowest BCUT2D eigenvalue weighted by Gasteiger charge is -2.29. The molecule has 3 aliphatic rings. The summed E-state index contributed by atoms with van der Waals surface area (Å²) in [6, 6.07) is 10.3. The molecule has 3 heterocycles. The van der Waals surface area contributed by atoms with E-state index in [1.807, 2.05) is 17.1 Å². The lowest BCUT2D eigenvalue weighted by molar-refractivity contribution is -0.384. The number of benzene rings is 2. The number of hydrogen-bond donors (Lipinski definition) is 0. The Bertz CT molecular complexity index is 1080. The van der Waals surface area contributed by atoms with Crippen LogP contribution in [0, 0.1) is 16.0 Å². The van der Waals surface area contributed by atoms with Crippen LogP contribution >= 0.6 is 23.2 Å². The molecule has 0 bridgehead atoms. The van der Waals surface area contributed by atoms with Crippen molar-refractivity contribution in [2.45, 2.75) is 18.5 Å². The number of halogens is 2. The number of amides is 2. The van der Waals surface area contributed by atoms with E-state index in [0.29, 0.717) is 11.6 Å². The zero-order valence-electron chi connectivity index (χ0n) is 15.6. The fourth-order valence-corrected chi connectivity index (χ4v) is 5.12. The number of carbonyl (C=O) groups excluding carboxylic acids is 2. The number of fused-ring (bicyclic) bond motifs is 3. The van der Waals surface area contributed by atoms with E-state index in [1.165, 1.54) is 18.2 Å². The van der Waals surface area contributed by atoms with Gasteiger partial charge in [-0.15, -0.1) is 0 Å². The quantitative estimate of drug-likeness (QED) is 0.407. The van der Waals surface area contributed by atoms with Gasteiger partial charge in [-0.3, -0.25) is 19.7 Å². The van der Waals surface area contributed by atoms with E-state index in [9.17, 15) is 19.7 Å². The maximum absolute atomic E-state index is 13.5. The van der Waals surface area contributed by atoms with Crippen LogP contribution in [-0.4, -0.2) is 45.9 Å². The van der Waals surface area contributed by atoms with Crippen LogP contribution in [0.4, 0.5) is 11.4 Å². The molecule has 0 unspecified atom stereocenters. The molecule has 3 aliphatic heterocycles. The molecule has 0 saturated carbocycles. The van der Waals surface area contributed by atoms with Crippen molar-refractivity contribution in [1.82, 2.24) is 10.0 Å². The average Bonchev–Trinajstić information content (AvgIpc) is 3.36. The van der Waals surface area contributed by atoms with Gasteiger partial charge in [-0.1, -0.05) is 35.3 Å². The molecule has 154 valence electrons. The van der Waals surface area contributed by atoms with Crippen molar-refractivity contribution < 1.29 is 14.5 Å². The van der Waals surface area contributed by atoms with Gasteiger partial charge in [0, 0.05) is 24.2 Å². The Hall–Kier alpha value is -2.52. The zero-order valence-corrected chi connectivity index (χ0v) is 17.1. The highest BCUT2D eigenvalue weighted by Gasteiger charge is 2.62. The van der Waals surface area contributed by atoms with Crippen LogP contribution in [0.25, 0.3) is 0 Å². The molecule has 3 fully saturated rings. The van der Waals surface area contributed by atoms with Crippen LogP contribution in [0.3, 0.4) is 0 Å². The van der Waals surface area contributed by atoms with Crippen molar-refractivity contribution >= 4 is 46.4 Å². The number of carbonyl (C=O) groups is 2. The summed E-state index contributed by atoms with van der Waals surface area (Å²) in [6.07, 6.45) is 0.890. The molecular formula is C20H16Cl2N4O4. The van der Waals surface area contributed by atoms with E-state index < -0.39 is 16.9 Å². The third kappa shape index (κ3) is 2.75. The van der Waals surface area contributed by atoms with Crippen molar-refractivity contribution in [3.8, 4) is 0 Å². The number of anilines is 1. The van der Waals surface area contributed by atoms with Crippen molar-refractivity contribution in [2.24, 2.45) is 5.92 Å². The van der Waals surface area contributed by atoms with Crippen molar-refractivity contribution in [2.75, 3.05) is 18.0 Å². The number of nitro groups is 1. The number of nitrogens with zero attached hydrogens (tertiary/aromatic N) is 4. The van der Waals surface area contributed by atoms with Gasteiger partial charge >= 0.3 is 0 Å². The topological polar surface area (TPSA) is 87.0 Å². The highest BCUT2D eigenvalue weighted by atomic mass is 35.5. The molecule has 10 heteroatoms. The first-order chi connectivity index (χ1) is 14.4. The molecule has 2 aromatic rings. The molecular weight excluding hydrogens is 431 g/mol. The van der Waals surface area contributed by atoms with Gasteiger partial charge in [-0.25, -0.2) is 14.9 Å². The fraction of sp³-hybridized carbons (Fsp3) is 0.300. The maximum Gasteiger partial charge on any atom is 0.289 e. The standard InChI is InChI=1S/C20H16Cl2N4O4/c21-12-4-2-11(3-5-12)17-16-18(24-9-1-8-23(17)24)20(28)25(19(16)27)13-6-7-14(22)15(10-13)26(29)30/h2-7,10,16-18H,1,8-9H2/t16-,17-,18-/m0/s1. The molecule has 0 aromatic heterocycles. The van der Waals surface area contributed by atoms with E-state index >= 15 is 0 Å². The predicted molar refractivity (Wildman–Crippen MR) is 110 cm³/mol. The molecule has 2 aromatic carbocycles. The van der Waals surface area contributed by atoms with E-state index in [4.69, 9.17) is 23.2 Å². The molecule has 0 radical (unpaired) electrons. The van der Waals surface area contributed by atoms with Crippen molar-refractivity contribution in [3.05, 3.63) is 68.2 Å². The van der Waals surface area contributed by atoms with E-state index in [0.717, 1.165) is 23.4 Å². The smallest absolute Gasteiger partial charge is 0.274 e. The first kappa shape index (κ1) is 19.4. The Morgan fingerprint density at radius 1 is 0.933 bits per heavy atom. The minimum atomic E-state index is -0.629. The van der Waals surface area contributed by atoms with E-state index in [-0.39, 0.29) is 34.3 Å². The monoisotopic (exact) mass is 446 g/mol. The Kier molecular flexibility index (Phi) is 4.55. The van der Waals surface area contributed by atoms with Gasteiger partial charge in [0.25, 0.3) is 11.6 Å². The highest BCUT2D eigenvalue weighted by Crippen LogP contribution is 2.49. The summed E-state index contributed by atoms with van der Waals surface area (Å²) in [6.45, 7) is 1.44. The summed E-state index contributed by atoms with van der Waals surface area (Å²) in [7, 11) is 0. The van der Waals surface area contributed by atoms with E-state index in [2.05, 4.69) is 5.01 Å². The number of nitro benzene ring substituents is 1. The van der Waals surface area contributed by atoms with Crippen LogP contribution in [0.15, 0.2) is 42.5 Å². The lowest BCUT2D eigenvalue weighted by Crippen LogP contribution is -2.44. The number of hydrogen-bond acceptors (Lipinski definition) is 6. The number of rotatable bonds is 3. The van der Waals surface area contributed by atoms with Crippen LogP contribution in [0.2, 0.25) is 10.0 Å². The molecule has 2 amide bonds. The van der Waals surface area contributed by atoms with Gasteiger partial charge in [-0.05, 0) is 36.2 Å². The van der Waals surface area contributed by atoms with Crippen molar-refractivity contribution in [1.29, 1.82) is 0 Å². The molecule has 0 N–H and O–H groups in total. The third-order valence-electron chi connectivity index (χ3n) is 6.00. The Morgan fingerprint density at radius 3 is 2.27 bits per heavy atom. The fourth-order valence-electron chi connectivity index (χ4n) is 4.81. The van der Waals surface area contributed by atoms with Gasteiger partial charge in [-0.2, -0.15) is 0 Å². The third-order valence-corrected chi connectivity index (χ3v) is 6.57. The van der Waals surface area contributed by atoms with Crippen LogP contribution in [0.5, 0.6) is 0 Å². The predicted octanol–water partition coefficient (Wildman–Crippen LogP) is 3.44. The van der Waals surface area contributed by atoms with Crippen LogP contribution < -0.4 is 4.90 Å². The first-order valence-corrected chi connectivity index (χ1v) is 10.2. The molecule has 0 spiro atoms. The zero-order chi connectivity index (χ0) is 21.2. The van der Waals surface area contributed by atoms with Crippen LogP contribution in [-0.2, 0) is 9.59 Å². The summed E-state index contributed by atoms with van der Waals surface area (Å²) in [5.74, 6) is -1.34. The summed E-state index contributed by atoms with van der Waals surface area (Å²) in [4.78, 5) is 38.5. The summed E-state index contributed by atoms with van der Waals surface area (Å²) in [5, 5.41) is 15.9. The molecule has 5 rings (SSSR count). The van der Waals surface area contributed by atoms with E-state index in [1.54, 1.807) is 12.1 Å². The van der Waals surface area contributed by atoms with Crippen molar-refractivity contribution in [3.63, 3.8) is 0 Å². The highest BCUT2D eigenvalue weighted by molar-refractivity contribution is 6.33. The first-order valence-electron chi connectivity index (χ1n) is 9.49. The Balaban J connectivity index is 1.58. The Morgan fingerprint density at radius 2 is 1.60 bits per heavy atom. The number of imide groups is 1. The SMILES string of the molecule is O=C1[C@@H]2[C@@H](C(=O)N1c1ccc(Cl)c([N+](=O)[O-])c1)N1CCCN1[C@H]2c1ccc(Cl)cc1. The largest absolute Gasteiger partial charge is 0.289 e. The second-order valence-electron chi connectivity index (χ2n) is 7.55. The van der Waals surface area contributed by atoms with Gasteiger partial charge in [0.2, 0.25) is 5.91 Å². The van der Waals surface area contributed by atoms with Gasteiger partial charge in [0.05, 0.1) is 22.6 Å². The van der Waals surface area contributed by atoms with Crippen LogP contribution in [0.1, 0.15) is 18.0 Å². The minimum absolute atomic E-state index is 0.0483. The summed E-state index contributed by atoms with van der Waals surface area (Å²) in [5.41, 5.74) is 0.726. The lowest BCUT2D eigenvalue weighted by atomic mass is 9.90. The maximum atomic E-state index is 13.5. The minimum Gasteiger partial charge on any atom is -0.274 e. The molecule has 8 nitrogen and oxygen atoms in total. The second-order valence-corrected chi connectivity index (χ2v) is 8.40. The number of hydrazine groups is 1. The molecule has 30 heavy (non-hydrogen) atoms. The normalized spacial score (nSPS) is 26.3. The van der Waals surface area contributed by atoms with Gasteiger partial charge < -0.3 is 0 Å². The Labute approximate surface area is 181 Å².